The molecule has 0 bridgehead atoms. The lowest BCUT2D eigenvalue weighted by Crippen LogP contribution is -2.43. The molecule has 114 valence electrons. The zero-order chi connectivity index (χ0) is 14.3. The summed E-state index contributed by atoms with van der Waals surface area (Å²) in [4.78, 5) is 2.34. The second-order valence-electron chi connectivity index (χ2n) is 5.43. The van der Waals surface area contributed by atoms with E-state index in [9.17, 15) is 8.42 Å². The zero-order valence-corrected chi connectivity index (χ0v) is 13.4. The van der Waals surface area contributed by atoms with Gasteiger partial charge in [-0.05, 0) is 45.8 Å². The Hall–Kier alpha value is -0.170. The van der Waals surface area contributed by atoms with Crippen molar-refractivity contribution in [1.29, 1.82) is 0 Å². The Labute approximate surface area is 118 Å². The lowest BCUT2D eigenvalue weighted by molar-refractivity contribution is 0.309. The third-order valence-corrected chi connectivity index (χ3v) is 5.97. The van der Waals surface area contributed by atoms with E-state index in [1.54, 1.807) is 14.0 Å². The van der Waals surface area contributed by atoms with Crippen LogP contribution >= 0.6 is 0 Å². The Kier molecular flexibility index (Phi) is 7.28. The van der Waals surface area contributed by atoms with Gasteiger partial charge in [0.2, 0.25) is 10.0 Å². The molecule has 0 aromatic heterocycles. The van der Waals surface area contributed by atoms with Gasteiger partial charge in [-0.1, -0.05) is 6.92 Å². The lowest BCUT2D eigenvalue weighted by Gasteiger charge is -2.24. The molecule has 1 saturated heterocycles. The second kappa shape index (κ2) is 8.19. The van der Waals surface area contributed by atoms with Crippen LogP contribution in [0.1, 0.15) is 33.1 Å². The molecule has 6 heteroatoms. The maximum atomic E-state index is 12.3. The lowest BCUT2D eigenvalue weighted by atomic mass is 10.4. The Morgan fingerprint density at radius 1 is 1.32 bits per heavy atom. The summed E-state index contributed by atoms with van der Waals surface area (Å²) in [7, 11) is -1.47. The van der Waals surface area contributed by atoms with Crippen LogP contribution in [0.4, 0.5) is 0 Å². The molecule has 1 heterocycles. The van der Waals surface area contributed by atoms with Crippen LogP contribution in [0, 0.1) is 0 Å². The molecule has 1 unspecified atom stereocenters. The van der Waals surface area contributed by atoms with E-state index in [0.717, 1.165) is 32.6 Å². The molecule has 0 aromatic carbocycles. The molecular formula is C13H29N3O2S. The average molecular weight is 291 g/mol. The monoisotopic (exact) mass is 291 g/mol. The minimum absolute atomic E-state index is 0.359. The predicted octanol–water partition coefficient (Wildman–Crippen LogP) is 0.732. The van der Waals surface area contributed by atoms with Gasteiger partial charge >= 0.3 is 0 Å². The highest BCUT2D eigenvalue weighted by Crippen LogP contribution is 2.09. The normalized spacial score (nSPS) is 19.2. The number of nitrogens with one attached hydrogen (secondary N) is 1. The van der Waals surface area contributed by atoms with Crippen LogP contribution in [-0.2, 0) is 10.0 Å². The molecule has 0 aliphatic carbocycles. The molecule has 19 heavy (non-hydrogen) atoms. The van der Waals surface area contributed by atoms with Crippen LogP contribution in [0.25, 0.3) is 0 Å². The maximum absolute atomic E-state index is 12.3. The largest absolute Gasteiger partial charge is 0.315 e. The van der Waals surface area contributed by atoms with Crippen molar-refractivity contribution in [1.82, 2.24) is 14.5 Å². The summed E-state index contributed by atoms with van der Waals surface area (Å²) in [5.74, 6) is 0. The minimum atomic E-state index is -3.17. The average Bonchev–Trinajstić information content (AvgIpc) is 2.89. The summed E-state index contributed by atoms with van der Waals surface area (Å²) >= 11 is 0. The Morgan fingerprint density at radius 2 is 1.95 bits per heavy atom. The molecule has 1 aliphatic rings. The van der Waals surface area contributed by atoms with Gasteiger partial charge in [-0.15, -0.1) is 0 Å². The van der Waals surface area contributed by atoms with Gasteiger partial charge in [0.15, 0.2) is 0 Å². The highest BCUT2D eigenvalue weighted by molar-refractivity contribution is 7.89. The predicted molar refractivity (Wildman–Crippen MR) is 79.8 cm³/mol. The first-order valence-electron chi connectivity index (χ1n) is 7.36. The van der Waals surface area contributed by atoms with Crippen molar-refractivity contribution in [3.63, 3.8) is 0 Å². The van der Waals surface area contributed by atoms with Crippen molar-refractivity contribution in [2.24, 2.45) is 0 Å². The number of sulfonamides is 1. The van der Waals surface area contributed by atoms with Gasteiger partial charge in [-0.3, -0.25) is 0 Å². The summed E-state index contributed by atoms with van der Waals surface area (Å²) in [6.07, 6.45) is 3.51. The molecular weight excluding hydrogens is 262 g/mol. The first-order valence-corrected chi connectivity index (χ1v) is 8.87. The van der Waals surface area contributed by atoms with Crippen molar-refractivity contribution in [3.8, 4) is 0 Å². The minimum Gasteiger partial charge on any atom is -0.315 e. The van der Waals surface area contributed by atoms with Crippen molar-refractivity contribution < 1.29 is 8.42 Å². The Morgan fingerprint density at radius 3 is 2.53 bits per heavy atom. The van der Waals surface area contributed by atoms with Crippen LogP contribution < -0.4 is 5.32 Å². The molecule has 5 nitrogen and oxygen atoms in total. The van der Waals surface area contributed by atoms with Gasteiger partial charge in [0, 0.05) is 26.7 Å². The van der Waals surface area contributed by atoms with Crippen molar-refractivity contribution in [3.05, 3.63) is 0 Å². The highest BCUT2D eigenvalue weighted by atomic mass is 32.2. The van der Waals surface area contributed by atoms with Gasteiger partial charge in [-0.25, -0.2) is 12.7 Å². The number of hydrogen-bond donors (Lipinski definition) is 1. The van der Waals surface area contributed by atoms with Gasteiger partial charge < -0.3 is 10.2 Å². The zero-order valence-electron chi connectivity index (χ0n) is 12.6. The van der Waals surface area contributed by atoms with E-state index < -0.39 is 10.0 Å². The van der Waals surface area contributed by atoms with E-state index in [1.807, 2.05) is 0 Å². The molecule has 1 atom stereocenters. The van der Waals surface area contributed by atoms with E-state index in [-0.39, 0.29) is 5.25 Å². The van der Waals surface area contributed by atoms with E-state index >= 15 is 0 Å². The van der Waals surface area contributed by atoms with Gasteiger partial charge in [0.25, 0.3) is 0 Å². The Bertz CT molecular complexity index is 340. The standard InChI is InChI=1S/C13H29N3O2S/c1-4-7-14-12-13(2)19(17,18)15(3)10-11-16-8-5-6-9-16/h13-14H,4-12H2,1-3H3. The fraction of sp³-hybridized carbons (Fsp3) is 1.00. The first kappa shape index (κ1) is 16.9. The van der Waals surface area contributed by atoms with Crippen LogP contribution in [0.15, 0.2) is 0 Å². The molecule has 1 N–H and O–H groups in total. The number of rotatable bonds is 9. The van der Waals surface area contributed by atoms with Crippen molar-refractivity contribution in [2.75, 3.05) is 46.3 Å². The quantitative estimate of drug-likeness (QED) is 0.636. The SMILES string of the molecule is CCCNCC(C)S(=O)(=O)N(C)CCN1CCCC1. The third kappa shape index (κ3) is 5.38. The number of hydrogen-bond acceptors (Lipinski definition) is 4. The summed E-state index contributed by atoms with van der Waals surface area (Å²) in [6, 6.07) is 0. The first-order chi connectivity index (χ1) is 8.98. The van der Waals surface area contributed by atoms with Crippen LogP contribution in [0.3, 0.4) is 0 Å². The van der Waals surface area contributed by atoms with E-state index in [4.69, 9.17) is 0 Å². The summed E-state index contributed by atoms with van der Waals surface area (Å²) in [5, 5.41) is 2.82. The molecule has 1 rings (SSSR count). The summed E-state index contributed by atoms with van der Waals surface area (Å²) in [5.41, 5.74) is 0. The smallest absolute Gasteiger partial charge is 0.217 e. The molecule has 1 fully saturated rings. The molecule has 0 saturated carbocycles. The van der Waals surface area contributed by atoms with E-state index in [0.29, 0.717) is 13.1 Å². The van der Waals surface area contributed by atoms with Crippen LogP contribution in [-0.4, -0.2) is 69.2 Å². The molecule has 0 amide bonds. The molecule has 1 aliphatic heterocycles. The molecule has 0 radical (unpaired) electrons. The summed E-state index contributed by atoms with van der Waals surface area (Å²) < 4.78 is 26.1. The third-order valence-electron chi connectivity index (χ3n) is 3.73. The van der Waals surface area contributed by atoms with Crippen molar-refractivity contribution >= 4 is 10.0 Å². The van der Waals surface area contributed by atoms with Crippen LogP contribution in [0.2, 0.25) is 0 Å². The van der Waals surface area contributed by atoms with Gasteiger partial charge in [0.05, 0.1) is 5.25 Å². The highest BCUT2D eigenvalue weighted by Gasteiger charge is 2.26. The van der Waals surface area contributed by atoms with Gasteiger partial charge in [0.1, 0.15) is 0 Å². The Balaban J connectivity index is 2.36. The number of likely N-dealkylation sites (tertiary alicyclic amines) is 1. The van der Waals surface area contributed by atoms with Gasteiger partial charge in [-0.2, -0.15) is 0 Å². The maximum Gasteiger partial charge on any atom is 0.217 e. The topological polar surface area (TPSA) is 52.7 Å². The van der Waals surface area contributed by atoms with E-state index in [2.05, 4.69) is 17.1 Å². The fourth-order valence-electron chi connectivity index (χ4n) is 2.31. The number of likely N-dealkylation sites (N-methyl/N-ethyl adjacent to an activating group) is 1. The van der Waals surface area contributed by atoms with Crippen molar-refractivity contribution in [2.45, 2.75) is 38.4 Å². The summed E-state index contributed by atoms with van der Waals surface area (Å²) in [6.45, 7) is 8.94. The molecule has 0 aromatic rings. The van der Waals surface area contributed by atoms with Crippen LogP contribution in [0.5, 0.6) is 0 Å². The van der Waals surface area contributed by atoms with E-state index in [1.165, 1.54) is 17.1 Å². The number of nitrogens with zero attached hydrogens (tertiary/aromatic N) is 2. The molecule has 0 spiro atoms. The fourth-order valence-corrected chi connectivity index (χ4v) is 3.59. The second-order valence-corrected chi connectivity index (χ2v) is 7.89.